The molecule has 7 nitrogen and oxygen atoms in total. The topological polar surface area (TPSA) is 113 Å². The molecule has 25 heavy (non-hydrogen) atoms. The van der Waals surface area contributed by atoms with Crippen molar-refractivity contribution in [2.24, 2.45) is 0 Å². The van der Waals surface area contributed by atoms with Crippen LogP contribution in [-0.2, 0) is 10.2 Å². The van der Waals surface area contributed by atoms with Gasteiger partial charge in [0, 0.05) is 28.0 Å². The van der Waals surface area contributed by atoms with Crippen LogP contribution in [0, 0.1) is 0 Å². The van der Waals surface area contributed by atoms with Gasteiger partial charge in [0.1, 0.15) is 0 Å². The van der Waals surface area contributed by atoms with Gasteiger partial charge >= 0.3 is 19.3 Å². The number of halogens is 3. The molecule has 1 aromatic carbocycles. The maximum absolute atomic E-state index is 14.0. The molecule has 0 aliphatic rings. The van der Waals surface area contributed by atoms with Crippen molar-refractivity contribution in [3.05, 3.63) is 28.4 Å². The fourth-order valence-corrected chi connectivity index (χ4v) is 3.15. The second-order valence-electron chi connectivity index (χ2n) is 6.04. The van der Waals surface area contributed by atoms with Gasteiger partial charge in [-0.05, 0) is 26.0 Å². The summed E-state index contributed by atoms with van der Waals surface area (Å²) >= 11 is 2.89. The van der Waals surface area contributed by atoms with E-state index in [2.05, 4.69) is 25.9 Å². The molecule has 1 heterocycles. The number of benzene rings is 1. The van der Waals surface area contributed by atoms with Gasteiger partial charge in [0.25, 0.3) is 0 Å². The molecule has 1 aromatic heterocycles. The van der Waals surface area contributed by atoms with Crippen LogP contribution in [0.25, 0.3) is 10.9 Å². The summed E-state index contributed by atoms with van der Waals surface area (Å²) in [4.78, 5) is 25.7. The van der Waals surface area contributed by atoms with Crippen LogP contribution in [-0.4, -0.2) is 37.1 Å². The first kappa shape index (κ1) is 20.1. The summed E-state index contributed by atoms with van der Waals surface area (Å²) in [5.74, 6) is 0. The minimum atomic E-state index is -5.71. The Kier molecular flexibility index (Phi) is 5.51. The van der Waals surface area contributed by atoms with Crippen LogP contribution in [0.3, 0.4) is 0 Å². The van der Waals surface area contributed by atoms with E-state index in [-0.39, 0.29) is 22.6 Å². The van der Waals surface area contributed by atoms with Crippen molar-refractivity contribution in [1.29, 1.82) is 0 Å². The SMILES string of the molecule is CC(C)(O)CCOc1ncc2cc(Br)c(C(F)(F)P(=O)(O)O)cc2n1. The molecule has 0 saturated heterocycles. The van der Waals surface area contributed by atoms with E-state index in [0.717, 1.165) is 6.07 Å². The van der Waals surface area contributed by atoms with Crippen molar-refractivity contribution >= 4 is 34.4 Å². The van der Waals surface area contributed by atoms with Crippen molar-refractivity contribution in [1.82, 2.24) is 9.97 Å². The van der Waals surface area contributed by atoms with Gasteiger partial charge < -0.3 is 19.6 Å². The highest BCUT2D eigenvalue weighted by Gasteiger charge is 2.51. The lowest BCUT2D eigenvalue weighted by Gasteiger charge is -2.19. The first-order valence-corrected chi connectivity index (χ1v) is 9.47. The molecule has 11 heteroatoms. The first-order chi connectivity index (χ1) is 11.3. The molecular weight excluding hydrogens is 425 g/mol. The molecule has 0 fully saturated rings. The van der Waals surface area contributed by atoms with Crippen LogP contribution in [0.4, 0.5) is 8.78 Å². The zero-order valence-corrected chi connectivity index (χ0v) is 15.8. The van der Waals surface area contributed by atoms with E-state index in [1.807, 2.05) is 0 Å². The third-order valence-electron chi connectivity index (χ3n) is 3.28. The molecule has 0 bridgehead atoms. The van der Waals surface area contributed by atoms with E-state index in [1.54, 1.807) is 13.8 Å². The summed E-state index contributed by atoms with van der Waals surface area (Å²) in [6.45, 7) is 3.31. The fraction of sp³-hybridized carbons (Fsp3) is 0.429. The van der Waals surface area contributed by atoms with Crippen LogP contribution in [0.2, 0.25) is 0 Å². The summed E-state index contributed by atoms with van der Waals surface area (Å²) in [6.07, 6.45) is 1.64. The molecule has 0 unspecified atom stereocenters. The van der Waals surface area contributed by atoms with Crippen molar-refractivity contribution in [3.63, 3.8) is 0 Å². The molecule has 0 radical (unpaired) electrons. The quantitative estimate of drug-likeness (QED) is 0.591. The van der Waals surface area contributed by atoms with Gasteiger partial charge in [0.2, 0.25) is 0 Å². The van der Waals surface area contributed by atoms with Gasteiger partial charge in [-0.25, -0.2) is 4.98 Å². The van der Waals surface area contributed by atoms with E-state index in [4.69, 9.17) is 14.5 Å². The average molecular weight is 441 g/mol. The standard InChI is InChI=1S/C14H16BrF2N2O5P/c1-13(2,20)3-4-24-12-18-7-8-5-10(15)9(6-11(8)19-12)14(16,17)25(21,22)23/h5-7,20H,3-4H2,1-2H3,(H2,21,22,23). The summed E-state index contributed by atoms with van der Waals surface area (Å²) in [7, 11) is -5.71. The van der Waals surface area contributed by atoms with Crippen molar-refractivity contribution in [2.75, 3.05) is 6.61 Å². The smallest absolute Gasteiger partial charge is 0.399 e. The first-order valence-electron chi connectivity index (χ1n) is 7.07. The molecule has 0 atom stereocenters. The Bertz CT molecular complexity index is 838. The highest BCUT2D eigenvalue weighted by atomic mass is 79.9. The van der Waals surface area contributed by atoms with E-state index in [9.17, 15) is 18.5 Å². The maximum Gasteiger partial charge on any atom is 0.399 e. The average Bonchev–Trinajstić information content (AvgIpc) is 2.44. The highest BCUT2D eigenvalue weighted by molar-refractivity contribution is 9.10. The van der Waals surface area contributed by atoms with Gasteiger partial charge in [-0.3, -0.25) is 4.57 Å². The Labute approximate surface area is 150 Å². The third-order valence-corrected chi connectivity index (χ3v) is 4.91. The van der Waals surface area contributed by atoms with E-state index < -0.39 is 24.4 Å². The number of hydrogen-bond donors (Lipinski definition) is 3. The van der Waals surface area contributed by atoms with Crippen LogP contribution in [0.15, 0.2) is 22.8 Å². The van der Waals surface area contributed by atoms with E-state index in [1.165, 1.54) is 12.3 Å². The summed E-state index contributed by atoms with van der Waals surface area (Å²) in [5, 5.41) is 10.00. The Morgan fingerprint density at radius 2 is 1.96 bits per heavy atom. The van der Waals surface area contributed by atoms with Crippen LogP contribution in [0.1, 0.15) is 25.8 Å². The number of fused-ring (bicyclic) bond motifs is 1. The molecule has 138 valence electrons. The van der Waals surface area contributed by atoms with E-state index in [0.29, 0.717) is 11.8 Å². The van der Waals surface area contributed by atoms with E-state index >= 15 is 0 Å². The lowest BCUT2D eigenvalue weighted by molar-refractivity contribution is 0.0539. The zero-order chi connectivity index (χ0) is 19.0. The fourth-order valence-electron chi connectivity index (χ4n) is 1.88. The van der Waals surface area contributed by atoms with Crippen molar-refractivity contribution in [3.8, 4) is 6.01 Å². The molecule has 0 saturated carbocycles. The number of hydrogen-bond acceptors (Lipinski definition) is 5. The zero-order valence-electron chi connectivity index (χ0n) is 13.3. The predicted molar refractivity (Wildman–Crippen MR) is 89.6 cm³/mol. The molecule has 3 N–H and O–H groups in total. The summed E-state index contributed by atoms with van der Waals surface area (Å²) < 4.78 is 44.2. The maximum atomic E-state index is 14.0. The lowest BCUT2D eigenvalue weighted by Crippen LogP contribution is -2.22. The minimum absolute atomic E-state index is 0.0413. The lowest BCUT2D eigenvalue weighted by atomic mass is 10.1. The Balaban J connectivity index is 2.38. The molecular formula is C14H16BrF2N2O5P. The normalized spacial score (nSPS) is 13.3. The predicted octanol–water partition coefficient (Wildman–Crippen LogP) is 3.16. The molecule has 2 aromatic rings. The highest BCUT2D eigenvalue weighted by Crippen LogP contribution is 2.60. The number of aromatic nitrogens is 2. The van der Waals surface area contributed by atoms with Gasteiger partial charge in [-0.15, -0.1) is 0 Å². The monoisotopic (exact) mass is 440 g/mol. The Morgan fingerprint density at radius 3 is 2.52 bits per heavy atom. The number of ether oxygens (including phenoxy) is 1. The molecule has 2 rings (SSSR count). The second kappa shape index (κ2) is 6.85. The molecule has 0 aliphatic carbocycles. The summed E-state index contributed by atoms with van der Waals surface area (Å²) in [6, 6.07) is 2.03. The van der Waals surface area contributed by atoms with Gasteiger partial charge in [0.05, 0.1) is 17.7 Å². The minimum Gasteiger partial charge on any atom is -0.463 e. The number of alkyl halides is 2. The number of nitrogens with zero attached hydrogens (tertiary/aromatic N) is 2. The molecule has 0 aliphatic heterocycles. The van der Waals surface area contributed by atoms with Gasteiger partial charge in [-0.2, -0.15) is 13.8 Å². The van der Waals surface area contributed by atoms with Crippen LogP contribution in [0.5, 0.6) is 6.01 Å². The molecule has 0 spiro atoms. The third kappa shape index (κ3) is 4.71. The Hall–Kier alpha value is -1.19. The second-order valence-corrected chi connectivity index (χ2v) is 8.54. The largest absolute Gasteiger partial charge is 0.463 e. The number of rotatable bonds is 6. The van der Waals surface area contributed by atoms with Gasteiger partial charge in [0.15, 0.2) is 0 Å². The van der Waals surface area contributed by atoms with Crippen molar-refractivity contribution in [2.45, 2.75) is 31.5 Å². The summed E-state index contributed by atoms with van der Waals surface area (Å²) in [5.41, 5.74) is -6.15. The van der Waals surface area contributed by atoms with Crippen molar-refractivity contribution < 1.29 is 33.0 Å². The van der Waals surface area contributed by atoms with Gasteiger partial charge in [-0.1, -0.05) is 15.9 Å². The molecule has 0 amide bonds. The number of aliphatic hydroxyl groups is 1. The van der Waals surface area contributed by atoms with Crippen LogP contribution >= 0.6 is 23.5 Å². The van der Waals surface area contributed by atoms with Crippen LogP contribution < -0.4 is 4.74 Å². The Morgan fingerprint density at radius 1 is 1.32 bits per heavy atom.